The molecule has 0 unspecified atom stereocenters. The number of aromatic nitrogens is 2. The maximum Gasteiger partial charge on any atom is 0.246 e. The summed E-state index contributed by atoms with van der Waals surface area (Å²) in [5.41, 5.74) is 1.99. The lowest BCUT2D eigenvalue weighted by Gasteiger charge is -2.32. The third-order valence-electron chi connectivity index (χ3n) is 4.73. The van der Waals surface area contributed by atoms with E-state index in [2.05, 4.69) is 10.1 Å². The second-order valence-corrected chi connectivity index (χ2v) is 9.01. The molecule has 1 aliphatic heterocycles. The van der Waals surface area contributed by atoms with E-state index in [0.717, 1.165) is 11.1 Å². The number of hydrogen-bond donors (Lipinski definition) is 0. The maximum atomic E-state index is 12.7. The number of carbonyl (C=O) groups is 1. The van der Waals surface area contributed by atoms with Gasteiger partial charge in [-0.1, -0.05) is 35.0 Å². The van der Waals surface area contributed by atoms with Crippen molar-refractivity contribution in [1.29, 1.82) is 0 Å². The van der Waals surface area contributed by atoms with Crippen molar-refractivity contribution < 1.29 is 17.7 Å². The molecule has 0 spiro atoms. The van der Waals surface area contributed by atoms with Crippen LogP contribution in [0.2, 0.25) is 0 Å². The van der Waals surface area contributed by atoms with E-state index in [9.17, 15) is 13.2 Å². The van der Waals surface area contributed by atoms with Gasteiger partial charge in [-0.25, -0.2) is 12.7 Å². The number of aryl methyl sites for hydroxylation is 1. The van der Waals surface area contributed by atoms with Crippen LogP contribution in [0.1, 0.15) is 24.3 Å². The normalized spacial score (nSPS) is 18.4. The lowest BCUT2D eigenvalue weighted by atomic mass is 9.98. The molecule has 146 valence electrons. The summed E-state index contributed by atoms with van der Waals surface area (Å²) in [7, 11) is -1.62. The first kappa shape index (κ1) is 19.5. The Labute approximate surface area is 159 Å². The van der Waals surface area contributed by atoms with E-state index in [-0.39, 0.29) is 24.9 Å². The average Bonchev–Trinajstić information content (AvgIpc) is 3.09. The van der Waals surface area contributed by atoms with Crippen LogP contribution >= 0.6 is 0 Å². The Hall–Kier alpha value is -2.26. The molecule has 2 heterocycles. The first-order valence-electron chi connectivity index (χ1n) is 8.84. The van der Waals surface area contributed by atoms with Crippen LogP contribution in [0.15, 0.2) is 28.8 Å². The highest BCUT2D eigenvalue weighted by Gasteiger charge is 2.32. The molecule has 0 bridgehead atoms. The van der Waals surface area contributed by atoms with Crippen LogP contribution in [0, 0.1) is 12.8 Å². The van der Waals surface area contributed by atoms with Crippen molar-refractivity contribution in [2.24, 2.45) is 5.92 Å². The summed E-state index contributed by atoms with van der Waals surface area (Å²) in [4.78, 5) is 18.6. The van der Waals surface area contributed by atoms with E-state index in [1.54, 1.807) is 7.05 Å². The fourth-order valence-corrected chi connectivity index (χ4v) is 4.09. The van der Waals surface area contributed by atoms with Crippen LogP contribution in [-0.2, 0) is 21.4 Å². The molecule has 0 aliphatic carbocycles. The van der Waals surface area contributed by atoms with Crippen LogP contribution in [0.4, 0.5) is 0 Å². The molecule has 1 saturated heterocycles. The van der Waals surface area contributed by atoms with E-state index in [1.807, 2.05) is 31.2 Å². The van der Waals surface area contributed by atoms with E-state index < -0.39 is 10.0 Å². The lowest BCUT2D eigenvalue weighted by Crippen LogP contribution is -2.45. The number of carbonyl (C=O) groups excluding carboxylic acids is 1. The van der Waals surface area contributed by atoms with Gasteiger partial charge in [0, 0.05) is 25.7 Å². The molecule has 3 rings (SSSR count). The molecule has 1 fully saturated rings. The van der Waals surface area contributed by atoms with Gasteiger partial charge in [0.25, 0.3) is 0 Å². The fraction of sp³-hybridized carbons (Fsp3) is 0.500. The Bertz CT molecular complexity index is 908. The Morgan fingerprint density at radius 2 is 2.04 bits per heavy atom. The molecule has 1 aliphatic rings. The second kappa shape index (κ2) is 7.77. The van der Waals surface area contributed by atoms with Gasteiger partial charge < -0.3 is 9.42 Å². The topological polar surface area (TPSA) is 96.6 Å². The number of nitrogens with zero attached hydrogens (tertiary/aromatic N) is 4. The van der Waals surface area contributed by atoms with Crippen LogP contribution in [0.3, 0.4) is 0 Å². The number of rotatable bonds is 5. The van der Waals surface area contributed by atoms with Gasteiger partial charge in [-0.3, -0.25) is 4.79 Å². The Balaban J connectivity index is 1.64. The highest BCUT2D eigenvalue weighted by molar-refractivity contribution is 7.88. The van der Waals surface area contributed by atoms with Gasteiger partial charge in [-0.05, 0) is 19.8 Å². The predicted molar refractivity (Wildman–Crippen MR) is 100 cm³/mol. The molecule has 1 atom stereocenters. The van der Waals surface area contributed by atoms with E-state index in [1.165, 1.54) is 15.5 Å². The summed E-state index contributed by atoms with van der Waals surface area (Å²) < 4.78 is 30.1. The third kappa shape index (κ3) is 4.72. The third-order valence-corrected chi connectivity index (χ3v) is 6.00. The fourth-order valence-electron chi connectivity index (χ4n) is 3.18. The van der Waals surface area contributed by atoms with Crippen molar-refractivity contribution in [2.45, 2.75) is 26.3 Å². The number of amides is 1. The minimum Gasteiger partial charge on any atom is -0.337 e. The number of hydrogen-bond acceptors (Lipinski definition) is 6. The minimum atomic E-state index is -3.29. The summed E-state index contributed by atoms with van der Waals surface area (Å²) in [5, 5.41) is 3.97. The molecule has 1 aromatic heterocycles. The smallest absolute Gasteiger partial charge is 0.246 e. The van der Waals surface area contributed by atoms with Crippen LogP contribution in [-0.4, -0.2) is 60.1 Å². The van der Waals surface area contributed by atoms with Gasteiger partial charge in [-0.2, -0.15) is 4.98 Å². The van der Waals surface area contributed by atoms with Crippen LogP contribution in [0.5, 0.6) is 0 Å². The predicted octanol–water partition coefficient (Wildman–Crippen LogP) is 1.68. The maximum absolute atomic E-state index is 12.7. The van der Waals surface area contributed by atoms with Gasteiger partial charge in [-0.15, -0.1) is 0 Å². The molecule has 0 N–H and O–H groups in total. The lowest BCUT2D eigenvalue weighted by molar-refractivity contribution is -0.136. The molecule has 9 heteroatoms. The summed E-state index contributed by atoms with van der Waals surface area (Å²) >= 11 is 0. The van der Waals surface area contributed by atoms with Crippen molar-refractivity contribution in [3.63, 3.8) is 0 Å². The molecule has 0 saturated carbocycles. The van der Waals surface area contributed by atoms with Crippen molar-refractivity contribution in [2.75, 3.05) is 26.4 Å². The van der Waals surface area contributed by atoms with Gasteiger partial charge in [0.15, 0.2) is 0 Å². The zero-order valence-electron chi connectivity index (χ0n) is 15.8. The molecular formula is C18H24N4O4S. The Kier molecular flexibility index (Phi) is 5.61. The Morgan fingerprint density at radius 1 is 1.33 bits per heavy atom. The van der Waals surface area contributed by atoms with Gasteiger partial charge in [0.2, 0.25) is 27.6 Å². The zero-order chi connectivity index (χ0) is 19.6. The second-order valence-electron chi connectivity index (χ2n) is 7.03. The Morgan fingerprint density at radius 3 is 2.70 bits per heavy atom. The monoisotopic (exact) mass is 392 g/mol. The average molecular weight is 392 g/mol. The molecule has 27 heavy (non-hydrogen) atoms. The number of piperidine rings is 1. The van der Waals surface area contributed by atoms with E-state index in [0.29, 0.717) is 31.1 Å². The summed E-state index contributed by atoms with van der Waals surface area (Å²) in [6, 6.07) is 7.77. The van der Waals surface area contributed by atoms with Crippen molar-refractivity contribution in [1.82, 2.24) is 19.3 Å². The largest absolute Gasteiger partial charge is 0.337 e. The first-order valence-corrected chi connectivity index (χ1v) is 10.7. The SMILES string of the molecule is Cc1ccc(-c2noc(CN(C)C(=O)[C@@H]3CCCN(S(C)(=O)=O)C3)n2)cc1. The molecule has 1 amide bonds. The summed E-state index contributed by atoms with van der Waals surface area (Å²) in [6.45, 7) is 2.88. The summed E-state index contributed by atoms with van der Waals surface area (Å²) in [5.74, 6) is 0.361. The quantitative estimate of drug-likeness (QED) is 0.768. The van der Waals surface area contributed by atoms with E-state index in [4.69, 9.17) is 4.52 Å². The van der Waals surface area contributed by atoms with Crippen molar-refractivity contribution in [3.05, 3.63) is 35.7 Å². The standard InChI is InChI=1S/C18H24N4O4S/c1-13-6-8-14(9-7-13)17-19-16(26-20-17)12-21(2)18(23)15-5-4-10-22(11-15)27(3,24)25/h6-9,15H,4-5,10-12H2,1-3H3/t15-/m1/s1. The summed E-state index contributed by atoms with van der Waals surface area (Å²) in [6.07, 6.45) is 2.53. The highest BCUT2D eigenvalue weighted by atomic mass is 32.2. The van der Waals surface area contributed by atoms with Gasteiger partial charge >= 0.3 is 0 Å². The van der Waals surface area contributed by atoms with Crippen molar-refractivity contribution >= 4 is 15.9 Å². The highest BCUT2D eigenvalue weighted by Crippen LogP contribution is 2.22. The number of benzene rings is 1. The molecule has 2 aromatic rings. The molecular weight excluding hydrogens is 368 g/mol. The number of sulfonamides is 1. The molecule has 8 nitrogen and oxygen atoms in total. The van der Waals surface area contributed by atoms with Gasteiger partial charge in [0.05, 0.1) is 18.7 Å². The van der Waals surface area contributed by atoms with Crippen LogP contribution < -0.4 is 0 Å². The van der Waals surface area contributed by atoms with Crippen molar-refractivity contribution in [3.8, 4) is 11.4 Å². The molecule has 1 aromatic carbocycles. The molecule has 0 radical (unpaired) electrons. The first-order chi connectivity index (χ1) is 12.7. The minimum absolute atomic E-state index is 0.113. The van der Waals surface area contributed by atoms with Crippen LogP contribution in [0.25, 0.3) is 11.4 Å². The van der Waals surface area contributed by atoms with Gasteiger partial charge in [0.1, 0.15) is 0 Å². The zero-order valence-corrected chi connectivity index (χ0v) is 16.6. The van der Waals surface area contributed by atoms with E-state index >= 15 is 0 Å².